The first-order valence-electron chi connectivity index (χ1n) is 7.97. The molecule has 0 amide bonds. The Morgan fingerprint density at radius 2 is 1.79 bits per heavy atom. The average molecular weight is 328 g/mol. The Bertz CT molecular complexity index is 643. The van der Waals surface area contributed by atoms with E-state index in [1.807, 2.05) is 18.2 Å². The molecule has 1 aliphatic heterocycles. The molecular formula is C18H20N2O4. The molecule has 0 aliphatic carbocycles. The molecule has 6 heteroatoms. The maximum absolute atomic E-state index is 11.4. The van der Waals surface area contributed by atoms with Gasteiger partial charge in [0.1, 0.15) is 5.75 Å². The van der Waals surface area contributed by atoms with Crippen LogP contribution in [0.15, 0.2) is 54.9 Å². The molecule has 0 radical (unpaired) electrons. The molecule has 0 spiro atoms. The first-order chi connectivity index (χ1) is 11.7. The number of benzene rings is 1. The molecule has 2 heterocycles. The lowest BCUT2D eigenvalue weighted by atomic mass is 10.1. The number of pyridine rings is 1. The van der Waals surface area contributed by atoms with E-state index in [9.17, 15) is 9.90 Å². The number of carbonyl (C=O) groups is 1. The highest BCUT2D eigenvalue weighted by Gasteiger charge is 2.28. The van der Waals surface area contributed by atoms with Crippen molar-refractivity contribution in [3.63, 3.8) is 0 Å². The van der Waals surface area contributed by atoms with Crippen LogP contribution >= 0.6 is 0 Å². The molecule has 0 bridgehead atoms. The maximum atomic E-state index is 11.4. The van der Waals surface area contributed by atoms with Gasteiger partial charge in [0, 0.05) is 31.2 Å². The largest absolute Gasteiger partial charge is 0.477 e. The van der Waals surface area contributed by atoms with Gasteiger partial charge in [0.05, 0.1) is 6.10 Å². The van der Waals surface area contributed by atoms with Gasteiger partial charge in [-0.3, -0.25) is 4.98 Å². The number of hydrogen-bond donors (Lipinski definition) is 1. The molecule has 0 saturated carbocycles. The monoisotopic (exact) mass is 328 g/mol. The Kier molecular flexibility index (Phi) is 5.28. The number of carboxylic acids is 1. The average Bonchev–Trinajstić information content (AvgIpc) is 2.63. The summed E-state index contributed by atoms with van der Waals surface area (Å²) >= 11 is 0. The molecule has 24 heavy (non-hydrogen) atoms. The Labute approximate surface area is 140 Å². The van der Waals surface area contributed by atoms with Crippen LogP contribution in [0.5, 0.6) is 5.75 Å². The van der Waals surface area contributed by atoms with E-state index in [1.165, 1.54) is 0 Å². The normalized spacial score (nSPS) is 16.6. The number of hydrogen-bond acceptors (Lipinski definition) is 5. The van der Waals surface area contributed by atoms with Crippen molar-refractivity contribution in [2.45, 2.75) is 25.2 Å². The summed E-state index contributed by atoms with van der Waals surface area (Å²) in [4.78, 5) is 17.7. The van der Waals surface area contributed by atoms with Crippen LogP contribution in [0.2, 0.25) is 0 Å². The second-order valence-electron chi connectivity index (χ2n) is 5.63. The second-order valence-corrected chi connectivity index (χ2v) is 5.63. The summed E-state index contributed by atoms with van der Waals surface area (Å²) in [7, 11) is 0. The Balaban J connectivity index is 1.54. The van der Waals surface area contributed by atoms with Gasteiger partial charge in [0.15, 0.2) is 0 Å². The quantitative estimate of drug-likeness (QED) is 0.822. The number of piperidine rings is 1. The van der Waals surface area contributed by atoms with Gasteiger partial charge in [-0.2, -0.15) is 0 Å². The molecule has 1 aromatic carbocycles. The van der Waals surface area contributed by atoms with Crippen LogP contribution in [-0.2, 0) is 9.53 Å². The topological polar surface area (TPSA) is 71.9 Å². The third-order valence-corrected chi connectivity index (χ3v) is 3.97. The summed E-state index contributed by atoms with van der Waals surface area (Å²) in [5, 5.41) is 9.33. The van der Waals surface area contributed by atoms with Gasteiger partial charge in [0.2, 0.25) is 0 Å². The van der Waals surface area contributed by atoms with Crippen molar-refractivity contribution < 1.29 is 19.4 Å². The van der Waals surface area contributed by atoms with Crippen molar-refractivity contribution in [1.82, 2.24) is 4.98 Å². The number of aliphatic carboxylic acids is 1. The van der Waals surface area contributed by atoms with E-state index < -0.39 is 12.3 Å². The minimum Gasteiger partial charge on any atom is -0.477 e. The van der Waals surface area contributed by atoms with Crippen LogP contribution in [-0.4, -0.2) is 41.5 Å². The highest BCUT2D eigenvalue weighted by atomic mass is 16.7. The van der Waals surface area contributed by atoms with Crippen molar-refractivity contribution >= 4 is 11.7 Å². The Morgan fingerprint density at radius 3 is 2.42 bits per heavy atom. The van der Waals surface area contributed by atoms with Gasteiger partial charge in [-0.15, -0.1) is 0 Å². The molecule has 1 fully saturated rings. The predicted molar refractivity (Wildman–Crippen MR) is 89.1 cm³/mol. The highest BCUT2D eigenvalue weighted by molar-refractivity contribution is 5.71. The number of carboxylic acid groups (broad SMARTS) is 1. The minimum atomic E-state index is -1.29. The third kappa shape index (κ3) is 4.23. The van der Waals surface area contributed by atoms with Crippen molar-refractivity contribution in [1.29, 1.82) is 0 Å². The summed E-state index contributed by atoms with van der Waals surface area (Å²) in [6.45, 7) is 1.62. The fourth-order valence-electron chi connectivity index (χ4n) is 2.74. The number of anilines is 1. The highest BCUT2D eigenvalue weighted by Crippen LogP contribution is 2.22. The lowest BCUT2D eigenvalue weighted by molar-refractivity contribution is -0.181. The number of ether oxygens (including phenoxy) is 2. The van der Waals surface area contributed by atoms with Crippen LogP contribution in [0.25, 0.3) is 0 Å². The molecule has 1 atom stereocenters. The summed E-state index contributed by atoms with van der Waals surface area (Å²) in [5.41, 5.74) is 1.12. The van der Waals surface area contributed by atoms with Gasteiger partial charge >= 0.3 is 5.97 Å². The van der Waals surface area contributed by atoms with Crippen molar-refractivity contribution in [2.24, 2.45) is 0 Å². The van der Waals surface area contributed by atoms with E-state index in [-0.39, 0.29) is 6.10 Å². The van der Waals surface area contributed by atoms with E-state index in [0.717, 1.165) is 31.6 Å². The molecule has 1 N–H and O–H groups in total. The number of aromatic nitrogens is 1. The zero-order chi connectivity index (χ0) is 16.8. The zero-order valence-corrected chi connectivity index (χ0v) is 13.2. The first kappa shape index (κ1) is 16.3. The van der Waals surface area contributed by atoms with E-state index >= 15 is 0 Å². The smallest absolute Gasteiger partial charge is 0.373 e. The van der Waals surface area contributed by atoms with Crippen LogP contribution in [0.4, 0.5) is 5.69 Å². The van der Waals surface area contributed by atoms with Gasteiger partial charge in [-0.1, -0.05) is 18.2 Å². The molecular weight excluding hydrogens is 308 g/mol. The Morgan fingerprint density at radius 1 is 1.12 bits per heavy atom. The molecule has 1 saturated heterocycles. The van der Waals surface area contributed by atoms with Crippen LogP contribution < -0.4 is 9.64 Å². The lowest BCUT2D eigenvalue weighted by Gasteiger charge is -2.34. The molecule has 1 aromatic heterocycles. The van der Waals surface area contributed by atoms with E-state index in [0.29, 0.717) is 5.75 Å². The fourth-order valence-corrected chi connectivity index (χ4v) is 2.74. The second kappa shape index (κ2) is 7.79. The maximum Gasteiger partial charge on any atom is 0.373 e. The van der Waals surface area contributed by atoms with Crippen LogP contribution in [0.3, 0.4) is 0 Å². The number of para-hydroxylation sites is 1. The van der Waals surface area contributed by atoms with Crippen LogP contribution in [0.1, 0.15) is 12.8 Å². The van der Waals surface area contributed by atoms with E-state index in [4.69, 9.17) is 9.47 Å². The SMILES string of the molecule is O=C(O)C(Oc1ccccc1)OC1CCN(c2ccncc2)CC1. The molecule has 2 aromatic rings. The molecule has 3 rings (SSSR count). The van der Waals surface area contributed by atoms with E-state index in [1.54, 1.807) is 36.7 Å². The minimum absolute atomic E-state index is 0.132. The standard InChI is InChI=1S/C18H20N2O4/c21-17(22)18(23-15-4-2-1-3-5-15)24-16-8-12-20(13-9-16)14-6-10-19-11-7-14/h1-7,10-11,16,18H,8-9,12-13H2,(H,21,22). The summed E-state index contributed by atoms with van der Waals surface area (Å²) < 4.78 is 11.1. The molecule has 6 nitrogen and oxygen atoms in total. The van der Waals surface area contributed by atoms with E-state index in [2.05, 4.69) is 9.88 Å². The van der Waals surface area contributed by atoms with Crippen LogP contribution in [0, 0.1) is 0 Å². The summed E-state index contributed by atoms with van der Waals surface area (Å²) in [6, 6.07) is 12.8. The van der Waals surface area contributed by atoms with Crippen molar-refractivity contribution in [2.75, 3.05) is 18.0 Å². The summed E-state index contributed by atoms with van der Waals surface area (Å²) in [6.07, 6.45) is 3.63. The van der Waals surface area contributed by atoms with Crippen molar-refractivity contribution in [3.05, 3.63) is 54.9 Å². The third-order valence-electron chi connectivity index (χ3n) is 3.97. The zero-order valence-electron chi connectivity index (χ0n) is 13.2. The molecule has 126 valence electrons. The van der Waals surface area contributed by atoms with Gasteiger partial charge in [-0.05, 0) is 37.1 Å². The Hall–Kier alpha value is -2.60. The van der Waals surface area contributed by atoms with Gasteiger partial charge in [0.25, 0.3) is 6.29 Å². The summed E-state index contributed by atoms with van der Waals surface area (Å²) in [5.74, 6) is -0.630. The molecule has 1 aliphatic rings. The fraction of sp³-hybridized carbons (Fsp3) is 0.333. The predicted octanol–water partition coefficient (Wildman–Crippen LogP) is 2.56. The first-order valence-corrected chi connectivity index (χ1v) is 7.97. The lowest BCUT2D eigenvalue weighted by Crippen LogP contribution is -2.41. The number of rotatable bonds is 6. The van der Waals surface area contributed by atoms with Gasteiger partial charge in [-0.25, -0.2) is 4.79 Å². The molecule has 1 unspecified atom stereocenters. The number of nitrogens with zero attached hydrogens (tertiary/aromatic N) is 2. The van der Waals surface area contributed by atoms with Gasteiger partial charge < -0.3 is 19.5 Å². The van der Waals surface area contributed by atoms with Crippen molar-refractivity contribution in [3.8, 4) is 5.75 Å².